The smallest absolute Gasteiger partial charge is 0.449 e. The molecule has 0 aliphatic carbocycles. The molecule has 11 heteroatoms. The number of carbonyl (C=O) groups is 2. The molecule has 41 heavy (non-hydrogen) atoms. The van der Waals surface area contributed by atoms with E-state index in [0.717, 1.165) is 11.6 Å². The van der Waals surface area contributed by atoms with Crippen LogP contribution in [0.25, 0.3) is 11.0 Å². The summed E-state index contributed by atoms with van der Waals surface area (Å²) in [7, 11) is 0. The van der Waals surface area contributed by atoms with Gasteiger partial charge in [-0.25, -0.2) is 9.59 Å². The maximum Gasteiger partial charge on any atom is 0.453 e. The fourth-order valence-electron chi connectivity index (χ4n) is 3.89. The highest BCUT2D eigenvalue weighted by Gasteiger charge is 2.40. The Balaban J connectivity index is 1.56. The van der Waals surface area contributed by atoms with Gasteiger partial charge in [0.2, 0.25) is 11.2 Å². The molecule has 1 atom stereocenters. The lowest BCUT2D eigenvalue weighted by Crippen LogP contribution is -2.44. The van der Waals surface area contributed by atoms with E-state index in [-0.39, 0.29) is 35.8 Å². The largest absolute Gasteiger partial charge is 0.453 e. The number of hydrogen-bond acceptors (Lipinski definition) is 7. The van der Waals surface area contributed by atoms with Crippen LogP contribution >= 0.6 is 0 Å². The van der Waals surface area contributed by atoms with E-state index in [1.54, 1.807) is 30.3 Å². The molecule has 3 aromatic carbocycles. The Kier molecular flexibility index (Phi) is 8.96. The maximum absolute atomic E-state index is 13.8. The van der Waals surface area contributed by atoms with Crippen LogP contribution < -0.4 is 20.2 Å². The molecule has 4 aromatic rings. The first-order chi connectivity index (χ1) is 19.5. The van der Waals surface area contributed by atoms with Gasteiger partial charge in [-0.2, -0.15) is 13.2 Å². The molecule has 0 saturated heterocycles. The number of alkyl halides is 3. The van der Waals surface area contributed by atoms with Crippen LogP contribution in [-0.4, -0.2) is 18.1 Å². The van der Waals surface area contributed by atoms with Crippen LogP contribution in [0, 0.1) is 5.92 Å². The first kappa shape index (κ1) is 29.2. The van der Waals surface area contributed by atoms with Crippen LogP contribution in [-0.2, 0) is 22.3 Å². The van der Waals surface area contributed by atoms with Crippen molar-refractivity contribution in [2.24, 2.45) is 5.92 Å². The van der Waals surface area contributed by atoms with Gasteiger partial charge in [-0.05, 0) is 42.2 Å². The Bertz CT molecular complexity index is 1570. The third kappa shape index (κ3) is 7.65. The number of halogens is 3. The van der Waals surface area contributed by atoms with Crippen molar-refractivity contribution in [2.75, 3.05) is 0 Å². The molecule has 0 radical (unpaired) electrons. The number of ether oxygens (including phenoxy) is 3. The summed E-state index contributed by atoms with van der Waals surface area (Å²) < 4.78 is 62.4. The number of hydrogen-bond donors (Lipinski definition) is 1. The minimum atomic E-state index is -5.06. The molecule has 4 rings (SSSR count). The van der Waals surface area contributed by atoms with Crippen molar-refractivity contribution in [2.45, 2.75) is 39.1 Å². The Hall–Kier alpha value is -4.80. The van der Waals surface area contributed by atoms with Gasteiger partial charge in [-0.3, -0.25) is 4.79 Å². The zero-order valence-corrected chi connectivity index (χ0v) is 22.1. The number of carbonyl (C=O) groups excluding carboxylic acids is 2. The van der Waals surface area contributed by atoms with Crippen LogP contribution in [0.15, 0.2) is 88.1 Å². The quantitative estimate of drug-likeness (QED) is 0.174. The average molecular weight is 570 g/mol. The summed E-state index contributed by atoms with van der Waals surface area (Å²) in [5, 5.41) is 2.25. The molecule has 214 valence electrons. The van der Waals surface area contributed by atoms with E-state index in [1.807, 2.05) is 19.9 Å². The highest BCUT2D eigenvalue weighted by Crippen LogP contribution is 2.38. The molecule has 0 aliphatic heterocycles. The van der Waals surface area contributed by atoms with Crippen LogP contribution in [0.1, 0.15) is 31.6 Å². The second-order valence-electron chi connectivity index (χ2n) is 9.47. The number of nitrogens with one attached hydrogen (secondary N) is 1. The van der Waals surface area contributed by atoms with Crippen LogP contribution in [0.5, 0.6) is 17.2 Å². The molecule has 0 saturated carbocycles. The SMILES string of the molecule is CC(C)CC(NC(=O)OCc1ccccc1)C(=O)Oc1ccc2c(=O)c(Oc3ccccc3)c(C(F)(F)F)oc2c1. The van der Waals surface area contributed by atoms with Gasteiger partial charge in [0.15, 0.2) is 0 Å². The number of amides is 1. The molecule has 1 N–H and O–H groups in total. The summed E-state index contributed by atoms with van der Waals surface area (Å²) in [5.41, 5.74) is -0.775. The lowest BCUT2D eigenvalue weighted by Gasteiger charge is -2.19. The number of fused-ring (bicyclic) bond motifs is 1. The van der Waals surface area contributed by atoms with E-state index in [2.05, 4.69) is 5.32 Å². The summed E-state index contributed by atoms with van der Waals surface area (Å²) >= 11 is 0. The predicted octanol–water partition coefficient (Wildman–Crippen LogP) is 6.85. The van der Waals surface area contributed by atoms with E-state index in [4.69, 9.17) is 18.6 Å². The summed E-state index contributed by atoms with van der Waals surface area (Å²) in [6.45, 7) is 3.64. The Morgan fingerprint density at radius 3 is 2.22 bits per heavy atom. The van der Waals surface area contributed by atoms with Gasteiger partial charge in [0.25, 0.3) is 5.76 Å². The van der Waals surface area contributed by atoms with Crippen LogP contribution in [0.4, 0.5) is 18.0 Å². The summed E-state index contributed by atoms with van der Waals surface area (Å²) in [6, 6.07) is 18.7. The highest BCUT2D eigenvalue weighted by atomic mass is 19.4. The van der Waals surface area contributed by atoms with E-state index >= 15 is 0 Å². The number of esters is 1. The van der Waals surface area contributed by atoms with Crippen molar-refractivity contribution in [3.05, 3.63) is 100 Å². The van der Waals surface area contributed by atoms with Crippen molar-refractivity contribution in [3.8, 4) is 17.2 Å². The van der Waals surface area contributed by atoms with Crippen molar-refractivity contribution < 1.29 is 41.4 Å². The van der Waals surface area contributed by atoms with Crippen LogP contribution in [0.3, 0.4) is 0 Å². The highest BCUT2D eigenvalue weighted by molar-refractivity contribution is 5.85. The Labute approximate surface area is 232 Å². The van der Waals surface area contributed by atoms with Crippen molar-refractivity contribution in [3.63, 3.8) is 0 Å². The molecule has 1 amide bonds. The molecular weight excluding hydrogens is 543 g/mol. The molecule has 0 bridgehead atoms. The minimum Gasteiger partial charge on any atom is -0.449 e. The van der Waals surface area contributed by atoms with E-state index in [0.29, 0.717) is 0 Å². The molecule has 1 aromatic heterocycles. The molecule has 1 unspecified atom stereocenters. The van der Waals surface area contributed by atoms with Crippen LogP contribution in [0.2, 0.25) is 0 Å². The second-order valence-corrected chi connectivity index (χ2v) is 9.47. The fraction of sp³-hybridized carbons (Fsp3) is 0.233. The first-order valence-electron chi connectivity index (χ1n) is 12.6. The molecule has 0 aliphatic rings. The van der Waals surface area contributed by atoms with E-state index in [1.165, 1.54) is 36.4 Å². The summed E-state index contributed by atoms with van der Waals surface area (Å²) in [4.78, 5) is 38.3. The standard InChI is InChI=1S/C30H26F3NO7/c1-18(2)15-23(34-29(37)38-17-19-9-5-3-6-10-19)28(36)40-21-13-14-22-24(16-21)41-27(30(31,32)33)26(25(22)35)39-20-11-7-4-8-12-20/h3-14,16,18,23H,15,17H2,1-2H3,(H,34,37). The maximum atomic E-state index is 13.8. The second kappa shape index (κ2) is 12.6. The molecular formula is C30H26F3NO7. The normalized spacial score (nSPS) is 12.1. The third-order valence-electron chi connectivity index (χ3n) is 5.76. The molecule has 1 heterocycles. The number of benzene rings is 3. The molecule has 0 fully saturated rings. The topological polar surface area (TPSA) is 104 Å². The Morgan fingerprint density at radius 1 is 0.927 bits per heavy atom. The summed E-state index contributed by atoms with van der Waals surface area (Å²) in [6.07, 6.45) is -5.71. The summed E-state index contributed by atoms with van der Waals surface area (Å²) in [5.74, 6) is -3.74. The van der Waals surface area contributed by atoms with Crippen molar-refractivity contribution in [1.82, 2.24) is 5.32 Å². The van der Waals surface area contributed by atoms with Gasteiger partial charge in [0.1, 0.15) is 29.7 Å². The molecule has 8 nitrogen and oxygen atoms in total. The lowest BCUT2D eigenvalue weighted by atomic mass is 10.0. The van der Waals surface area contributed by atoms with Gasteiger partial charge in [-0.15, -0.1) is 0 Å². The number of para-hydroxylation sites is 1. The Morgan fingerprint density at radius 2 is 1.59 bits per heavy atom. The van der Waals surface area contributed by atoms with Gasteiger partial charge in [0.05, 0.1) is 5.39 Å². The number of rotatable bonds is 9. The van der Waals surface area contributed by atoms with E-state index < -0.39 is 46.8 Å². The number of alkyl carbamates (subject to hydrolysis) is 1. The molecule has 0 spiro atoms. The van der Waals surface area contributed by atoms with E-state index in [9.17, 15) is 27.6 Å². The third-order valence-corrected chi connectivity index (χ3v) is 5.76. The van der Waals surface area contributed by atoms with Crippen molar-refractivity contribution in [1.29, 1.82) is 0 Å². The average Bonchev–Trinajstić information content (AvgIpc) is 2.93. The van der Waals surface area contributed by atoms with Gasteiger partial charge < -0.3 is 23.9 Å². The fourth-order valence-corrected chi connectivity index (χ4v) is 3.89. The van der Waals surface area contributed by atoms with Crippen molar-refractivity contribution >= 4 is 23.0 Å². The first-order valence-corrected chi connectivity index (χ1v) is 12.6. The van der Waals surface area contributed by atoms with Gasteiger partial charge in [-0.1, -0.05) is 62.4 Å². The van der Waals surface area contributed by atoms with Gasteiger partial charge >= 0.3 is 18.2 Å². The van der Waals surface area contributed by atoms with Gasteiger partial charge in [0, 0.05) is 6.07 Å². The zero-order valence-electron chi connectivity index (χ0n) is 22.1. The monoisotopic (exact) mass is 569 g/mol. The lowest BCUT2D eigenvalue weighted by molar-refractivity contribution is -0.154. The predicted molar refractivity (Wildman–Crippen MR) is 143 cm³/mol. The minimum absolute atomic E-state index is 0.0150. The zero-order chi connectivity index (χ0) is 29.6.